The fraction of sp³-hybridized carbons (Fsp3) is 0.875. The van der Waals surface area contributed by atoms with Crippen molar-refractivity contribution in [1.29, 1.82) is 0 Å². The summed E-state index contributed by atoms with van der Waals surface area (Å²) in [5, 5.41) is 3.26. The largest absolute Gasteiger partial charge is 0.339 e. The molecular weight excluding hydrogens is 334 g/mol. The molecule has 23 heavy (non-hydrogen) atoms. The second kappa shape index (κ2) is 8.58. The molecule has 0 spiro atoms. The van der Waals surface area contributed by atoms with Crippen molar-refractivity contribution in [3.05, 3.63) is 0 Å². The van der Waals surface area contributed by atoms with Crippen molar-refractivity contribution < 1.29 is 9.59 Å². The molecule has 2 atom stereocenters. The standard InChI is InChI=1S/C16H29N3O2S.ClH/c1-16(2,3)8-14(20)19-11-22-10-13(19)15(21)18-7-5-6-12(9-18)17-4;/h12-13,17H,5-11H2,1-4H3;1H. The molecule has 0 radical (unpaired) electrons. The SMILES string of the molecule is CNC1CCCN(C(=O)C2CSCN2C(=O)CC(C)(C)C)C1.Cl. The average Bonchev–Trinajstić information content (AvgIpc) is 2.94. The van der Waals surface area contributed by atoms with Crippen LogP contribution in [0.25, 0.3) is 0 Å². The molecule has 2 saturated heterocycles. The predicted octanol–water partition coefficient (Wildman–Crippen LogP) is 1.96. The van der Waals surface area contributed by atoms with Crippen LogP contribution >= 0.6 is 24.2 Å². The van der Waals surface area contributed by atoms with Gasteiger partial charge in [-0.25, -0.2) is 0 Å². The van der Waals surface area contributed by atoms with E-state index in [1.165, 1.54) is 0 Å². The number of likely N-dealkylation sites (tertiary alicyclic amines) is 1. The molecule has 2 rings (SSSR count). The van der Waals surface area contributed by atoms with Gasteiger partial charge in [0.25, 0.3) is 0 Å². The predicted molar refractivity (Wildman–Crippen MR) is 97.9 cm³/mol. The van der Waals surface area contributed by atoms with E-state index in [1.54, 1.807) is 16.7 Å². The number of hydrogen-bond donors (Lipinski definition) is 1. The van der Waals surface area contributed by atoms with Gasteiger partial charge >= 0.3 is 0 Å². The number of hydrogen-bond acceptors (Lipinski definition) is 4. The van der Waals surface area contributed by atoms with E-state index < -0.39 is 0 Å². The van der Waals surface area contributed by atoms with Crippen LogP contribution in [0.1, 0.15) is 40.0 Å². The smallest absolute Gasteiger partial charge is 0.246 e. The number of piperidine rings is 1. The summed E-state index contributed by atoms with van der Waals surface area (Å²) in [6, 6.07) is 0.112. The van der Waals surface area contributed by atoms with Gasteiger partial charge < -0.3 is 15.1 Å². The van der Waals surface area contributed by atoms with Gasteiger partial charge in [-0.05, 0) is 25.3 Å². The number of nitrogens with zero attached hydrogens (tertiary/aromatic N) is 2. The normalized spacial score (nSPS) is 25.2. The molecular formula is C16H30ClN3O2S. The molecule has 0 bridgehead atoms. The Morgan fingerprint density at radius 1 is 1.30 bits per heavy atom. The fourth-order valence-corrected chi connectivity index (χ4v) is 4.24. The summed E-state index contributed by atoms with van der Waals surface area (Å²) in [4.78, 5) is 29.1. The van der Waals surface area contributed by atoms with Gasteiger partial charge in [0.15, 0.2) is 0 Å². The quantitative estimate of drug-likeness (QED) is 0.832. The molecule has 0 aliphatic carbocycles. The first-order valence-electron chi connectivity index (χ1n) is 8.15. The first-order valence-corrected chi connectivity index (χ1v) is 9.30. The van der Waals surface area contributed by atoms with Crippen LogP contribution in [-0.4, -0.2) is 65.5 Å². The van der Waals surface area contributed by atoms with E-state index in [0.29, 0.717) is 18.3 Å². The van der Waals surface area contributed by atoms with Crippen molar-refractivity contribution >= 4 is 36.0 Å². The summed E-state index contributed by atoms with van der Waals surface area (Å²) < 4.78 is 0. The molecule has 2 unspecified atom stereocenters. The van der Waals surface area contributed by atoms with Crippen molar-refractivity contribution in [3.8, 4) is 0 Å². The third kappa shape index (κ3) is 5.54. The Kier molecular flexibility index (Phi) is 7.68. The number of thioether (sulfide) groups is 1. The lowest BCUT2D eigenvalue weighted by Gasteiger charge is -2.36. The molecule has 2 fully saturated rings. The molecule has 2 aliphatic rings. The molecule has 1 N–H and O–H groups in total. The maximum atomic E-state index is 12.8. The Bertz CT molecular complexity index is 428. The lowest BCUT2D eigenvalue weighted by molar-refractivity contribution is -0.145. The Morgan fingerprint density at radius 2 is 2.00 bits per heavy atom. The van der Waals surface area contributed by atoms with Gasteiger partial charge in [-0.15, -0.1) is 24.2 Å². The zero-order chi connectivity index (χ0) is 16.3. The number of likely N-dealkylation sites (N-methyl/N-ethyl adjacent to an activating group) is 1. The Morgan fingerprint density at radius 3 is 2.61 bits per heavy atom. The molecule has 0 aromatic carbocycles. The van der Waals surface area contributed by atoms with E-state index in [-0.39, 0.29) is 35.7 Å². The van der Waals surface area contributed by atoms with Crippen LogP contribution in [0.5, 0.6) is 0 Å². The van der Waals surface area contributed by atoms with E-state index in [4.69, 9.17) is 0 Å². The molecule has 0 aromatic heterocycles. The highest BCUT2D eigenvalue weighted by atomic mass is 35.5. The second-order valence-corrected chi connectivity index (χ2v) is 8.53. The highest BCUT2D eigenvalue weighted by Crippen LogP contribution is 2.28. The van der Waals surface area contributed by atoms with Gasteiger partial charge in [-0.3, -0.25) is 9.59 Å². The Labute approximate surface area is 150 Å². The third-order valence-corrected chi connectivity index (χ3v) is 5.32. The lowest BCUT2D eigenvalue weighted by Crippen LogP contribution is -2.54. The van der Waals surface area contributed by atoms with Crippen LogP contribution in [0.15, 0.2) is 0 Å². The average molecular weight is 364 g/mol. The van der Waals surface area contributed by atoms with Gasteiger partial charge in [-0.1, -0.05) is 20.8 Å². The second-order valence-electron chi connectivity index (χ2n) is 7.53. The van der Waals surface area contributed by atoms with Crippen LogP contribution in [0.4, 0.5) is 0 Å². The molecule has 5 nitrogen and oxygen atoms in total. The van der Waals surface area contributed by atoms with Crippen molar-refractivity contribution in [3.63, 3.8) is 0 Å². The van der Waals surface area contributed by atoms with Gasteiger partial charge in [0, 0.05) is 31.3 Å². The van der Waals surface area contributed by atoms with Gasteiger partial charge in [0.2, 0.25) is 11.8 Å². The Balaban J connectivity index is 0.00000264. The minimum absolute atomic E-state index is 0. The van der Waals surface area contributed by atoms with Crippen molar-refractivity contribution in [2.24, 2.45) is 5.41 Å². The zero-order valence-corrected chi connectivity index (χ0v) is 16.3. The van der Waals surface area contributed by atoms with Crippen molar-refractivity contribution in [2.45, 2.75) is 52.1 Å². The summed E-state index contributed by atoms with van der Waals surface area (Å²) in [6.45, 7) is 7.77. The van der Waals surface area contributed by atoms with Crippen molar-refractivity contribution in [2.75, 3.05) is 31.8 Å². The summed E-state index contributed by atoms with van der Waals surface area (Å²) in [5.41, 5.74) is -0.0414. The first-order chi connectivity index (χ1) is 10.3. The summed E-state index contributed by atoms with van der Waals surface area (Å²) in [5.74, 6) is 1.62. The van der Waals surface area contributed by atoms with Gasteiger partial charge in [0.05, 0.1) is 5.88 Å². The van der Waals surface area contributed by atoms with Gasteiger partial charge in [-0.2, -0.15) is 0 Å². The van der Waals surface area contributed by atoms with E-state index in [1.807, 2.05) is 11.9 Å². The van der Waals surface area contributed by atoms with E-state index >= 15 is 0 Å². The maximum Gasteiger partial charge on any atom is 0.246 e. The number of nitrogens with one attached hydrogen (secondary N) is 1. The van der Waals surface area contributed by atoms with Crippen molar-refractivity contribution in [1.82, 2.24) is 15.1 Å². The lowest BCUT2D eigenvalue weighted by atomic mass is 9.91. The molecule has 134 valence electrons. The fourth-order valence-electron chi connectivity index (χ4n) is 3.07. The number of amides is 2. The van der Waals surface area contributed by atoms with E-state index in [0.717, 1.165) is 31.7 Å². The molecule has 7 heteroatoms. The summed E-state index contributed by atoms with van der Waals surface area (Å²) in [7, 11) is 1.95. The molecule has 2 amide bonds. The Hall–Kier alpha value is -0.460. The number of carbonyl (C=O) groups excluding carboxylic acids is 2. The summed E-state index contributed by atoms with van der Waals surface area (Å²) >= 11 is 1.69. The monoisotopic (exact) mass is 363 g/mol. The third-order valence-electron chi connectivity index (χ3n) is 4.31. The van der Waals surface area contributed by atoms with Crippen LogP contribution in [0, 0.1) is 5.41 Å². The number of carbonyl (C=O) groups is 2. The maximum absolute atomic E-state index is 12.8. The number of halogens is 1. The molecule has 0 saturated carbocycles. The van der Waals surface area contributed by atoms with Crippen LogP contribution in [-0.2, 0) is 9.59 Å². The molecule has 2 heterocycles. The minimum atomic E-state index is -0.268. The molecule has 0 aromatic rings. The van der Waals surface area contributed by atoms with Crippen LogP contribution < -0.4 is 5.32 Å². The number of rotatable bonds is 3. The van der Waals surface area contributed by atoms with Crippen LogP contribution in [0.2, 0.25) is 0 Å². The van der Waals surface area contributed by atoms with E-state index in [9.17, 15) is 9.59 Å². The molecule has 2 aliphatic heterocycles. The summed E-state index contributed by atoms with van der Waals surface area (Å²) in [6.07, 6.45) is 2.65. The van der Waals surface area contributed by atoms with Crippen LogP contribution in [0.3, 0.4) is 0 Å². The first kappa shape index (κ1) is 20.6. The van der Waals surface area contributed by atoms with E-state index in [2.05, 4.69) is 26.1 Å². The zero-order valence-electron chi connectivity index (χ0n) is 14.6. The highest BCUT2D eigenvalue weighted by molar-refractivity contribution is 7.99. The minimum Gasteiger partial charge on any atom is -0.339 e. The van der Waals surface area contributed by atoms with Gasteiger partial charge in [0.1, 0.15) is 6.04 Å². The topological polar surface area (TPSA) is 52.7 Å². The highest BCUT2D eigenvalue weighted by Gasteiger charge is 2.38.